The first-order valence-electron chi connectivity index (χ1n) is 6.45. The van der Waals surface area contributed by atoms with Crippen LogP contribution in [-0.2, 0) is 9.59 Å². The topological polar surface area (TPSA) is 66.4 Å². The van der Waals surface area contributed by atoms with E-state index in [9.17, 15) is 9.59 Å². The molecule has 0 aliphatic heterocycles. The molecule has 2 rings (SSSR count). The number of thioether (sulfide) groups is 1. The third-order valence-corrected chi connectivity index (χ3v) is 4.67. The molecule has 1 aromatic rings. The van der Waals surface area contributed by atoms with Gasteiger partial charge in [0.25, 0.3) is 0 Å². The lowest BCUT2D eigenvalue weighted by molar-refractivity contribution is -0.151. The summed E-state index contributed by atoms with van der Waals surface area (Å²) in [5.74, 6) is -0.514. The third kappa shape index (κ3) is 3.67. The Bertz CT molecular complexity index is 500. The molecule has 0 bridgehead atoms. The zero-order chi connectivity index (χ0) is 14.6. The molecule has 2 N–H and O–H groups in total. The van der Waals surface area contributed by atoms with E-state index in [1.807, 2.05) is 12.1 Å². The number of halogens is 1. The molecule has 1 amide bonds. The monoisotopic (exact) mass is 313 g/mol. The number of carbonyl (C=O) groups is 2. The number of benzene rings is 1. The summed E-state index contributed by atoms with van der Waals surface area (Å²) in [5, 5.41) is 12.5. The van der Waals surface area contributed by atoms with Crippen LogP contribution >= 0.6 is 23.4 Å². The molecule has 108 valence electrons. The summed E-state index contributed by atoms with van der Waals surface area (Å²) < 4.78 is 0. The van der Waals surface area contributed by atoms with E-state index in [0.29, 0.717) is 30.0 Å². The molecule has 0 spiro atoms. The van der Waals surface area contributed by atoms with Gasteiger partial charge in [0.2, 0.25) is 5.91 Å². The lowest BCUT2D eigenvalue weighted by Crippen LogP contribution is -2.59. The van der Waals surface area contributed by atoms with Gasteiger partial charge in [0.15, 0.2) is 0 Å². The Hall–Kier alpha value is -1.20. The van der Waals surface area contributed by atoms with Crippen LogP contribution < -0.4 is 5.32 Å². The van der Waals surface area contributed by atoms with Crippen LogP contribution in [-0.4, -0.2) is 28.3 Å². The number of carbonyl (C=O) groups excluding carboxylic acids is 1. The molecular formula is C14H16ClNO3S. The summed E-state index contributed by atoms with van der Waals surface area (Å²) in [6.07, 6.45) is 2.21. The number of hydrogen-bond donors (Lipinski definition) is 2. The first kappa shape index (κ1) is 15.2. The Kier molecular flexibility index (Phi) is 4.94. The molecule has 1 aromatic carbocycles. The van der Waals surface area contributed by atoms with Gasteiger partial charge >= 0.3 is 5.97 Å². The lowest BCUT2D eigenvalue weighted by Gasteiger charge is -2.38. The van der Waals surface area contributed by atoms with Crippen molar-refractivity contribution in [2.24, 2.45) is 0 Å². The average Bonchev–Trinajstić information content (AvgIpc) is 2.36. The van der Waals surface area contributed by atoms with E-state index in [2.05, 4.69) is 5.32 Å². The molecule has 0 aromatic heterocycles. The maximum absolute atomic E-state index is 11.8. The highest BCUT2D eigenvalue weighted by atomic mass is 35.5. The number of carboxylic acids is 1. The molecule has 20 heavy (non-hydrogen) atoms. The minimum Gasteiger partial charge on any atom is -0.480 e. The van der Waals surface area contributed by atoms with Gasteiger partial charge in [-0.05, 0) is 43.5 Å². The highest BCUT2D eigenvalue weighted by Gasteiger charge is 2.45. The van der Waals surface area contributed by atoms with Crippen molar-refractivity contribution < 1.29 is 14.7 Å². The standard InChI is InChI=1S/C14H16ClNO3S/c15-10-2-4-11(5-3-10)20-9-6-12(17)16-14(13(18)19)7-1-8-14/h2-5H,1,6-9H2,(H,16,17)(H,18,19). The molecule has 1 aliphatic carbocycles. The van der Waals surface area contributed by atoms with Gasteiger partial charge in [0.05, 0.1) is 0 Å². The quantitative estimate of drug-likeness (QED) is 0.792. The van der Waals surface area contributed by atoms with Gasteiger partial charge in [-0.1, -0.05) is 11.6 Å². The van der Waals surface area contributed by atoms with Crippen LogP contribution in [0.15, 0.2) is 29.2 Å². The molecule has 1 aliphatic rings. The normalized spacial score (nSPS) is 16.2. The Labute approximate surface area is 126 Å². The second kappa shape index (κ2) is 6.50. The molecular weight excluding hydrogens is 298 g/mol. The van der Waals surface area contributed by atoms with Gasteiger partial charge in [0.1, 0.15) is 5.54 Å². The van der Waals surface area contributed by atoms with Gasteiger partial charge in [-0.3, -0.25) is 4.79 Å². The summed E-state index contributed by atoms with van der Waals surface area (Å²) >= 11 is 7.34. The summed E-state index contributed by atoms with van der Waals surface area (Å²) in [5.41, 5.74) is -1.01. The SMILES string of the molecule is O=C(CCSc1ccc(Cl)cc1)NC1(C(=O)O)CCC1. The van der Waals surface area contributed by atoms with Crippen molar-refractivity contribution in [2.75, 3.05) is 5.75 Å². The van der Waals surface area contributed by atoms with E-state index < -0.39 is 11.5 Å². The second-order valence-corrected chi connectivity index (χ2v) is 6.45. The van der Waals surface area contributed by atoms with Crippen molar-refractivity contribution in [3.8, 4) is 0 Å². The van der Waals surface area contributed by atoms with Crippen LogP contribution in [0.5, 0.6) is 0 Å². The summed E-state index contributed by atoms with van der Waals surface area (Å²) in [6.45, 7) is 0. The molecule has 0 saturated heterocycles. The van der Waals surface area contributed by atoms with Crippen molar-refractivity contribution in [2.45, 2.75) is 36.1 Å². The first-order chi connectivity index (χ1) is 9.52. The van der Waals surface area contributed by atoms with Crippen molar-refractivity contribution in [1.29, 1.82) is 0 Å². The van der Waals surface area contributed by atoms with Crippen molar-refractivity contribution in [1.82, 2.24) is 5.32 Å². The fourth-order valence-electron chi connectivity index (χ4n) is 2.04. The molecule has 1 saturated carbocycles. The first-order valence-corrected chi connectivity index (χ1v) is 7.81. The number of amides is 1. The van der Waals surface area contributed by atoms with Gasteiger partial charge in [-0.25, -0.2) is 4.79 Å². The van der Waals surface area contributed by atoms with Crippen LogP contribution in [0.1, 0.15) is 25.7 Å². The van der Waals surface area contributed by atoms with Gasteiger partial charge in [-0.2, -0.15) is 0 Å². The Morgan fingerprint density at radius 3 is 2.45 bits per heavy atom. The molecule has 0 radical (unpaired) electrons. The predicted octanol–water partition coefficient (Wildman–Crippen LogP) is 2.95. The zero-order valence-electron chi connectivity index (χ0n) is 10.9. The maximum Gasteiger partial charge on any atom is 0.329 e. The van der Waals surface area contributed by atoms with E-state index in [-0.39, 0.29) is 5.91 Å². The van der Waals surface area contributed by atoms with Gasteiger partial charge in [-0.15, -0.1) is 11.8 Å². The number of rotatable bonds is 6. The molecule has 0 atom stereocenters. The number of aliphatic carboxylic acids is 1. The molecule has 1 fully saturated rings. The zero-order valence-corrected chi connectivity index (χ0v) is 12.5. The van der Waals surface area contributed by atoms with E-state index in [4.69, 9.17) is 16.7 Å². The molecule has 6 heteroatoms. The van der Waals surface area contributed by atoms with Crippen LogP contribution in [0.3, 0.4) is 0 Å². The second-order valence-electron chi connectivity index (χ2n) is 4.84. The smallest absolute Gasteiger partial charge is 0.329 e. The van der Waals surface area contributed by atoms with Crippen LogP contribution in [0.4, 0.5) is 0 Å². The summed E-state index contributed by atoms with van der Waals surface area (Å²) in [4.78, 5) is 24.0. The average molecular weight is 314 g/mol. The molecule has 0 unspecified atom stereocenters. The summed E-state index contributed by atoms with van der Waals surface area (Å²) in [6, 6.07) is 7.40. The Morgan fingerprint density at radius 1 is 1.30 bits per heavy atom. The van der Waals surface area contributed by atoms with Crippen molar-refractivity contribution >= 4 is 35.2 Å². The highest BCUT2D eigenvalue weighted by molar-refractivity contribution is 7.99. The minimum absolute atomic E-state index is 0.200. The minimum atomic E-state index is -1.01. The van der Waals surface area contributed by atoms with Gasteiger partial charge in [0, 0.05) is 22.1 Å². The van der Waals surface area contributed by atoms with E-state index in [0.717, 1.165) is 11.3 Å². The Morgan fingerprint density at radius 2 is 1.95 bits per heavy atom. The van der Waals surface area contributed by atoms with Crippen LogP contribution in [0.25, 0.3) is 0 Å². The van der Waals surface area contributed by atoms with Crippen molar-refractivity contribution in [3.05, 3.63) is 29.3 Å². The van der Waals surface area contributed by atoms with E-state index in [1.54, 1.807) is 23.9 Å². The van der Waals surface area contributed by atoms with Crippen LogP contribution in [0.2, 0.25) is 5.02 Å². The van der Waals surface area contributed by atoms with Crippen molar-refractivity contribution in [3.63, 3.8) is 0 Å². The molecule has 0 heterocycles. The fourth-order valence-corrected chi connectivity index (χ4v) is 3.02. The highest BCUT2D eigenvalue weighted by Crippen LogP contribution is 2.32. The lowest BCUT2D eigenvalue weighted by atomic mass is 9.76. The third-order valence-electron chi connectivity index (χ3n) is 3.41. The van der Waals surface area contributed by atoms with E-state index >= 15 is 0 Å². The maximum atomic E-state index is 11.8. The number of hydrogen-bond acceptors (Lipinski definition) is 3. The summed E-state index contributed by atoms with van der Waals surface area (Å²) in [7, 11) is 0. The van der Waals surface area contributed by atoms with Gasteiger partial charge < -0.3 is 10.4 Å². The Balaban J connectivity index is 1.75. The predicted molar refractivity (Wildman–Crippen MR) is 79.2 cm³/mol. The van der Waals surface area contributed by atoms with E-state index in [1.165, 1.54) is 0 Å². The molecule has 4 nitrogen and oxygen atoms in total. The number of carboxylic acid groups (broad SMARTS) is 1. The van der Waals surface area contributed by atoms with Crippen LogP contribution in [0, 0.1) is 0 Å². The number of nitrogens with one attached hydrogen (secondary N) is 1. The largest absolute Gasteiger partial charge is 0.480 e. The fraction of sp³-hybridized carbons (Fsp3) is 0.429.